The number of likely N-dealkylation sites (tertiary alicyclic amines) is 1. The third-order valence-corrected chi connectivity index (χ3v) is 13.7. The van der Waals surface area contributed by atoms with Gasteiger partial charge in [-0.1, -0.05) is 228 Å². The molecule has 0 N–H and O–H groups in total. The number of rotatable bonds is 47. The Hall–Kier alpha value is -2.05. The number of allylic oxidation sites excluding steroid dienone is 3. The molecule has 1 rings (SSSR count). The maximum atomic E-state index is 12.6. The fourth-order valence-corrected chi connectivity index (χ4v) is 9.33. The van der Waals surface area contributed by atoms with Crippen molar-refractivity contribution in [3.63, 3.8) is 0 Å². The van der Waals surface area contributed by atoms with Gasteiger partial charge in [-0.25, -0.2) is 0 Å². The monoisotopic (exact) mass is 1020 g/mol. The Labute approximate surface area is 452 Å². The molecular weight excluding hydrogens is 887 g/mol. The first-order valence-corrected chi connectivity index (χ1v) is 31.4. The summed E-state index contributed by atoms with van der Waals surface area (Å²) < 4.78 is 12.1. The number of nitrogens with zero attached hydrogens (tertiary/aromatic N) is 1. The fraction of sp³-hybridized carbons (Fsp3) is 0.864. The largest absolute Gasteiger partial charge is 0.462 e. The van der Waals surface area contributed by atoms with E-state index >= 15 is 0 Å². The molecule has 3 atom stereocenters. The highest BCUT2D eigenvalue weighted by atomic mass is 16.5. The SMILES string of the molecule is C=CC.C=CC(=O)CCC.C=CC(CCCCCC)CCCCCCCC.CC.CCCCCCCCC(CCCCCCCC)OC(=O)CCCCCCCOC[C@@H]1CC(C)CN1CCCCCC(C)=O. The average molecular weight is 1020 g/mol. The van der Waals surface area contributed by atoms with Gasteiger partial charge in [0.05, 0.1) is 6.61 Å². The molecule has 6 nitrogen and oxygen atoms in total. The molecule has 428 valence electrons. The number of ketones is 2. The van der Waals surface area contributed by atoms with Crippen LogP contribution in [0.3, 0.4) is 0 Å². The van der Waals surface area contributed by atoms with Gasteiger partial charge in [-0.3, -0.25) is 14.5 Å². The Balaban J connectivity index is -0.000000649. The zero-order valence-electron chi connectivity index (χ0n) is 50.6. The Morgan fingerprint density at radius 3 is 1.42 bits per heavy atom. The Morgan fingerprint density at radius 1 is 0.556 bits per heavy atom. The van der Waals surface area contributed by atoms with Gasteiger partial charge in [0.2, 0.25) is 0 Å². The zero-order chi connectivity index (χ0) is 54.6. The predicted molar refractivity (Wildman–Crippen MR) is 320 cm³/mol. The summed E-state index contributed by atoms with van der Waals surface area (Å²) in [4.78, 5) is 36.7. The topological polar surface area (TPSA) is 72.9 Å². The lowest BCUT2D eigenvalue weighted by Crippen LogP contribution is -2.34. The number of esters is 1. The second kappa shape index (κ2) is 65.1. The van der Waals surface area contributed by atoms with Crippen molar-refractivity contribution >= 4 is 17.5 Å². The number of carbonyl (C=O) groups is 3. The third-order valence-electron chi connectivity index (χ3n) is 13.7. The van der Waals surface area contributed by atoms with Crippen molar-refractivity contribution in [1.82, 2.24) is 4.90 Å². The molecule has 1 saturated heterocycles. The Kier molecular flexibility index (Phi) is 69.1. The van der Waals surface area contributed by atoms with Gasteiger partial charge in [0.25, 0.3) is 0 Å². The summed E-state index contributed by atoms with van der Waals surface area (Å²) in [6, 6.07) is 0.555. The van der Waals surface area contributed by atoms with Gasteiger partial charge in [-0.2, -0.15) is 0 Å². The molecule has 2 unspecified atom stereocenters. The molecule has 1 heterocycles. The molecular formula is C66H129NO5. The van der Waals surface area contributed by atoms with Crippen molar-refractivity contribution in [1.29, 1.82) is 0 Å². The molecule has 0 radical (unpaired) electrons. The van der Waals surface area contributed by atoms with Gasteiger partial charge in [-0.15, -0.1) is 13.2 Å². The van der Waals surface area contributed by atoms with Crippen molar-refractivity contribution < 1.29 is 23.9 Å². The number of Topliss-reactive ketones (excluding diaryl/α,β-unsaturated/α-hetero) is 1. The Bertz CT molecular complexity index is 1120. The minimum absolute atomic E-state index is 0.0273. The molecule has 0 saturated carbocycles. The van der Waals surface area contributed by atoms with Crippen LogP contribution in [-0.4, -0.2) is 60.9 Å². The average Bonchev–Trinajstić information content (AvgIpc) is 3.73. The van der Waals surface area contributed by atoms with E-state index in [1.54, 1.807) is 13.0 Å². The molecule has 0 aromatic heterocycles. The van der Waals surface area contributed by atoms with E-state index in [1.165, 1.54) is 192 Å². The van der Waals surface area contributed by atoms with Crippen LogP contribution in [0.4, 0.5) is 0 Å². The smallest absolute Gasteiger partial charge is 0.306 e. The molecule has 72 heavy (non-hydrogen) atoms. The van der Waals surface area contributed by atoms with E-state index in [2.05, 4.69) is 65.3 Å². The second-order valence-corrected chi connectivity index (χ2v) is 21.0. The highest BCUT2D eigenvalue weighted by Gasteiger charge is 2.29. The fourth-order valence-electron chi connectivity index (χ4n) is 9.33. The number of hydrogen-bond donors (Lipinski definition) is 0. The molecule has 0 bridgehead atoms. The van der Waals surface area contributed by atoms with Crippen LogP contribution in [0.1, 0.15) is 320 Å². The first kappa shape index (κ1) is 76.5. The van der Waals surface area contributed by atoms with Crippen molar-refractivity contribution in [2.45, 2.75) is 332 Å². The number of ether oxygens (including phenoxy) is 2. The molecule has 1 fully saturated rings. The number of carbonyl (C=O) groups excluding carboxylic acids is 3. The highest BCUT2D eigenvalue weighted by molar-refractivity contribution is 5.88. The summed E-state index contributed by atoms with van der Waals surface area (Å²) in [7, 11) is 0. The van der Waals surface area contributed by atoms with Crippen LogP contribution in [0.25, 0.3) is 0 Å². The predicted octanol–water partition coefficient (Wildman–Crippen LogP) is 20.9. The first-order valence-electron chi connectivity index (χ1n) is 31.4. The van der Waals surface area contributed by atoms with E-state index < -0.39 is 0 Å². The van der Waals surface area contributed by atoms with Crippen LogP contribution in [0.2, 0.25) is 0 Å². The maximum absolute atomic E-state index is 12.6. The summed E-state index contributed by atoms with van der Waals surface area (Å²) in [6.07, 6.45) is 52.8. The minimum Gasteiger partial charge on any atom is -0.462 e. The molecule has 1 aliphatic rings. The van der Waals surface area contributed by atoms with Crippen molar-refractivity contribution in [2.75, 3.05) is 26.3 Å². The molecule has 0 aromatic carbocycles. The summed E-state index contributed by atoms with van der Waals surface area (Å²) in [5.41, 5.74) is 0. The van der Waals surface area contributed by atoms with E-state index in [-0.39, 0.29) is 17.9 Å². The van der Waals surface area contributed by atoms with Crippen LogP contribution in [0.15, 0.2) is 38.0 Å². The normalized spacial score (nSPS) is 14.3. The number of hydrogen-bond acceptors (Lipinski definition) is 6. The van der Waals surface area contributed by atoms with E-state index in [0.717, 1.165) is 89.4 Å². The van der Waals surface area contributed by atoms with Crippen molar-refractivity contribution in [3.05, 3.63) is 38.0 Å². The zero-order valence-corrected chi connectivity index (χ0v) is 50.6. The van der Waals surface area contributed by atoms with E-state index in [9.17, 15) is 14.4 Å². The van der Waals surface area contributed by atoms with Gasteiger partial charge in [0.15, 0.2) is 5.78 Å². The van der Waals surface area contributed by atoms with Gasteiger partial charge in [-0.05, 0) is 115 Å². The van der Waals surface area contributed by atoms with Gasteiger partial charge >= 0.3 is 5.97 Å². The Morgan fingerprint density at radius 2 is 0.972 bits per heavy atom. The molecule has 1 aliphatic heterocycles. The summed E-state index contributed by atoms with van der Waals surface area (Å²) >= 11 is 0. The quantitative estimate of drug-likeness (QED) is 0.0262. The molecule has 6 heteroatoms. The van der Waals surface area contributed by atoms with Crippen LogP contribution in [0, 0.1) is 11.8 Å². The minimum atomic E-state index is 0.0273. The van der Waals surface area contributed by atoms with Gasteiger partial charge in [0.1, 0.15) is 11.9 Å². The first-order chi connectivity index (χ1) is 35.0. The highest BCUT2D eigenvalue weighted by Crippen LogP contribution is 2.24. The maximum Gasteiger partial charge on any atom is 0.306 e. The lowest BCUT2D eigenvalue weighted by atomic mass is 9.94. The van der Waals surface area contributed by atoms with Crippen LogP contribution in [0.5, 0.6) is 0 Å². The third kappa shape index (κ3) is 60.5. The summed E-state index contributed by atoms with van der Waals surface area (Å²) in [5, 5.41) is 0. The molecule has 0 aliphatic carbocycles. The molecule has 0 aromatic rings. The lowest BCUT2D eigenvalue weighted by Gasteiger charge is -2.24. The summed E-state index contributed by atoms with van der Waals surface area (Å²) in [5.74, 6) is 2.02. The second-order valence-electron chi connectivity index (χ2n) is 21.0. The van der Waals surface area contributed by atoms with Gasteiger partial charge in [0, 0.05) is 38.5 Å². The van der Waals surface area contributed by atoms with Gasteiger partial charge < -0.3 is 14.3 Å². The van der Waals surface area contributed by atoms with E-state index in [1.807, 2.05) is 27.7 Å². The standard InChI is InChI=1S/C38H73NO4.C17H34.C6H10O.C3H6.C2H6/c1-5-7-9-11-14-20-26-37(27-21-15-12-10-8-6-2)43-38(41)28-22-16-13-17-24-30-42-33-36-31-34(3)32-39(36)29-23-18-19-25-35(4)40;1-4-7-9-11-12-14-16-17(6-3)15-13-10-8-5-2;1-3-5-6(7)4-2;1-3-2;1-2/h34,36-37H,5-33H2,1-4H3;6,17H,3-5,7-16H2,1-2H3;4H,2-3,5H2,1H3;3H,1H2,2H3;1-2H3/t34?,36-;;;;/m0..../s1. The van der Waals surface area contributed by atoms with Crippen molar-refractivity contribution in [3.8, 4) is 0 Å². The molecule has 0 spiro atoms. The number of unbranched alkanes of at least 4 members (excludes halogenated alkanes) is 24. The van der Waals surface area contributed by atoms with Crippen LogP contribution >= 0.6 is 0 Å². The van der Waals surface area contributed by atoms with Crippen molar-refractivity contribution in [2.24, 2.45) is 11.8 Å². The van der Waals surface area contributed by atoms with Crippen LogP contribution < -0.4 is 0 Å². The molecule has 0 amide bonds. The van der Waals surface area contributed by atoms with Crippen LogP contribution in [-0.2, 0) is 23.9 Å². The van der Waals surface area contributed by atoms with E-state index in [0.29, 0.717) is 24.7 Å². The summed E-state index contributed by atoms with van der Waals surface area (Å²) in [6.45, 7) is 35.7. The lowest BCUT2D eigenvalue weighted by molar-refractivity contribution is -0.150. The van der Waals surface area contributed by atoms with E-state index in [4.69, 9.17) is 9.47 Å².